The van der Waals surface area contributed by atoms with E-state index in [1.54, 1.807) is 11.0 Å². The van der Waals surface area contributed by atoms with Gasteiger partial charge in [-0.25, -0.2) is 0 Å². The van der Waals surface area contributed by atoms with Crippen molar-refractivity contribution in [1.82, 2.24) is 9.80 Å². The SMILES string of the molecule is O=C(CN1C(=O)S/C(=C/c2c(OCc3ccccc3)ccc3ccccc23)C1=O)N1CCc2ccccc2C1. The van der Waals surface area contributed by atoms with Gasteiger partial charge in [-0.05, 0) is 57.8 Å². The van der Waals surface area contributed by atoms with E-state index in [4.69, 9.17) is 4.74 Å². The number of hydrogen-bond acceptors (Lipinski definition) is 5. The van der Waals surface area contributed by atoms with E-state index < -0.39 is 11.1 Å². The highest BCUT2D eigenvalue weighted by Gasteiger charge is 2.37. The molecule has 1 fully saturated rings. The molecule has 1 saturated heterocycles. The molecule has 3 amide bonds. The standard InChI is InChI=1S/C32H26N2O4S/c35-30(33-17-16-23-10-4-5-12-25(23)19-33)20-34-31(36)29(39-32(34)37)18-27-26-13-7-6-11-24(26)14-15-28(27)38-21-22-8-2-1-3-9-22/h1-15,18H,16-17,19-21H2/b29-18+. The Morgan fingerprint density at radius 1 is 0.872 bits per heavy atom. The van der Waals surface area contributed by atoms with Gasteiger partial charge in [0.1, 0.15) is 18.9 Å². The lowest BCUT2D eigenvalue weighted by atomic mass is 10.00. The van der Waals surface area contributed by atoms with Gasteiger partial charge in [0.25, 0.3) is 11.1 Å². The maximum atomic E-state index is 13.4. The minimum atomic E-state index is -0.460. The minimum Gasteiger partial charge on any atom is -0.488 e. The molecule has 0 radical (unpaired) electrons. The average Bonchev–Trinajstić information content (AvgIpc) is 3.24. The van der Waals surface area contributed by atoms with Crippen LogP contribution < -0.4 is 4.74 Å². The second kappa shape index (κ2) is 10.8. The van der Waals surface area contributed by atoms with Crippen molar-refractivity contribution < 1.29 is 19.1 Å². The van der Waals surface area contributed by atoms with Gasteiger partial charge in [-0.3, -0.25) is 19.3 Å². The van der Waals surface area contributed by atoms with E-state index >= 15 is 0 Å². The van der Waals surface area contributed by atoms with Gasteiger partial charge in [0.2, 0.25) is 5.91 Å². The fourth-order valence-electron chi connectivity index (χ4n) is 5.00. The number of hydrogen-bond donors (Lipinski definition) is 0. The van der Waals surface area contributed by atoms with Crippen LogP contribution in [0.25, 0.3) is 16.8 Å². The van der Waals surface area contributed by atoms with Crippen molar-refractivity contribution in [1.29, 1.82) is 0 Å². The Morgan fingerprint density at radius 2 is 1.62 bits per heavy atom. The molecule has 0 unspecified atom stereocenters. The fourth-order valence-corrected chi connectivity index (χ4v) is 5.82. The zero-order valence-electron chi connectivity index (χ0n) is 21.2. The molecule has 0 N–H and O–H groups in total. The van der Waals surface area contributed by atoms with E-state index in [1.807, 2.05) is 84.9 Å². The van der Waals surface area contributed by atoms with Crippen LogP contribution in [0.4, 0.5) is 4.79 Å². The van der Waals surface area contributed by atoms with Crippen molar-refractivity contribution in [2.24, 2.45) is 0 Å². The van der Waals surface area contributed by atoms with Gasteiger partial charge in [-0.1, -0.05) is 84.9 Å². The molecule has 4 aromatic rings. The summed E-state index contributed by atoms with van der Waals surface area (Å²) in [7, 11) is 0. The summed E-state index contributed by atoms with van der Waals surface area (Å²) in [5.74, 6) is -0.0739. The van der Waals surface area contributed by atoms with Gasteiger partial charge < -0.3 is 9.64 Å². The van der Waals surface area contributed by atoms with Crippen LogP contribution in [-0.4, -0.2) is 39.9 Å². The lowest BCUT2D eigenvalue weighted by molar-refractivity contribution is -0.136. The van der Waals surface area contributed by atoms with Crippen LogP contribution in [0.3, 0.4) is 0 Å². The van der Waals surface area contributed by atoms with Crippen molar-refractivity contribution in [3.63, 3.8) is 0 Å². The summed E-state index contributed by atoms with van der Waals surface area (Å²) in [4.78, 5) is 42.4. The second-order valence-electron chi connectivity index (χ2n) is 9.57. The van der Waals surface area contributed by atoms with E-state index in [9.17, 15) is 14.4 Å². The molecular formula is C32H26N2O4S. The molecule has 0 aromatic heterocycles. The van der Waals surface area contributed by atoms with Gasteiger partial charge in [0.15, 0.2) is 0 Å². The van der Waals surface area contributed by atoms with E-state index in [-0.39, 0.29) is 17.4 Å². The number of nitrogens with zero attached hydrogens (tertiary/aromatic N) is 2. The third kappa shape index (κ3) is 5.18. The largest absolute Gasteiger partial charge is 0.488 e. The summed E-state index contributed by atoms with van der Waals surface area (Å²) in [6, 6.07) is 29.6. The van der Waals surface area contributed by atoms with Gasteiger partial charge >= 0.3 is 0 Å². The fraction of sp³-hybridized carbons (Fsp3) is 0.156. The normalized spacial score (nSPS) is 16.2. The van der Waals surface area contributed by atoms with E-state index in [0.717, 1.165) is 50.5 Å². The predicted octanol–water partition coefficient (Wildman–Crippen LogP) is 6.04. The Bertz CT molecular complexity index is 1620. The van der Waals surface area contributed by atoms with Crippen molar-refractivity contribution >= 4 is 45.7 Å². The highest BCUT2D eigenvalue weighted by molar-refractivity contribution is 8.18. The number of rotatable bonds is 6. The first-order chi connectivity index (χ1) is 19.1. The molecule has 2 aliphatic rings. The number of ether oxygens (including phenoxy) is 1. The van der Waals surface area contributed by atoms with Crippen LogP contribution in [-0.2, 0) is 29.2 Å². The molecule has 7 heteroatoms. The Balaban J connectivity index is 1.24. The predicted molar refractivity (Wildman–Crippen MR) is 153 cm³/mol. The number of carbonyl (C=O) groups excluding carboxylic acids is 3. The molecule has 0 bridgehead atoms. The van der Waals surface area contributed by atoms with Gasteiger partial charge in [0.05, 0.1) is 4.91 Å². The third-order valence-electron chi connectivity index (χ3n) is 7.09. The molecule has 2 heterocycles. The molecule has 0 spiro atoms. The molecule has 4 aromatic carbocycles. The van der Waals surface area contributed by atoms with Gasteiger partial charge in [-0.2, -0.15) is 0 Å². The average molecular weight is 535 g/mol. The van der Waals surface area contributed by atoms with Crippen LogP contribution in [0.2, 0.25) is 0 Å². The van der Waals surface area contributed by atoms with Crippen LogP contribution in [0.1, 0.15) is 22.3 Å². The molecular weight excluding hydrogens is 508 g/mol. The number of benzene rings is 4. The Labute approximate surface area is 230 Å². The number of fused-ring (bicyclic) bond motifs is 2. The Hall–Kier alpha value is -4.36. The summed E-state index contributed by atoms with van der Waals surface area (Å²) in [5.41, 5.74) is 4.09. The molecule has 6 rings (SSSR count). The van der Waals surface area contributed by atoms with Crippen molar-refractivity contribution in [3.8, 4) is 5.75 Å². The first-order valence-corrected chi connectivity index (χ1v) is 13.7. The van der Waals surface area contributed by atoms with Gasteiger partial charge in [0, 0.05) is 18.7 Å². The Morgan fingerprint density at radius 3 is 2.46 bits per heavy atom. The number of imide groups is 1. The summed E-state index contributed by atoms with van der Waals surface area (Å²) in [6.07, 6.45) is 2.48. The second-order valence-corrected chi connectivity index (χ2v) is 10.6. The first kappa shape index (κ1) is 24.9. The number of amides is 3. The zero-order chi connectivity index (χ0) is 26.8. The monoisotopic (exact) mass is 534 g/mol. The number of thioether (sulfide) groups is 1. The molecule has 6 nitrogen and oxygen atoms in total. The molecule has 0 saturated carbocycles. The van der Waals surface area contributed by atoms with E-state index in [0.29, 0.717) is 25.4 Å². The number of carbonyl (C=O) groups is 3. The molecule has 39 heavy (non-hydrogen) atoms. The highest BCUT2D eigenvalue weighted by atomic mass is 32.2. The van der Waals surface area contributed by atoms with Crippen LogP contribution in [0.15, 0.2) is 95.9 Å². The van der Waals surface area contributed by atoms with Crippen LogP contribution >= 0.6 is 11.8 Å². The first-order valence-electron chi connectivity index (χ1n) is 12.9. The lowest BCUT2D eigenvalue weighted by Crippen LogP contribution is -2.44. The summed E-state index contributed by atoms with van der Waals surface area (Å²) in [5, 5.41) is 1.47. The van der Waals surface area contributed by atoms with Gasteiger partial charge in [-0.15, -0.1) is 0 Å². The van der Waals surface area contributed by atoms with Crippen molar-refractivity contribution in [2.45, 2.75) is 19.6 Å². The van der Waals surface area contributed by atoms with E-state index in [2.05, 4.69) is 6.07 Å². The smallest absolute Gasteiger partial charge is 0.294 e. The van der Waals surface area contributed by atoms with Crippen LogP contribution in [0, 0.1) is 0 Å². The summed E-state index contributed by atoms with van der Waals surface area (Å²) < 4.78 is 6.18. The van der Waals surface area contributed by atoms with Crippen molar-refractivity contribution in [3.05, 3.63) is 118 Å². The highest BCUT2D eigenvalue weighted by Crippen LogP contribution is 2.37. The summed E-state index contributed by atoms with van der Waals surface area (Å²) in [6.45, 7) is 1.16. The maximum Gasteiger partial charge on any atom is 0.294 e. The minimum absolute atomic E-state index is 0.231. The zero-order valence-corrected chi connectivity index (χ0v) is 22.0. The molecule has 0 aliphatic carbocycles. The lowest BCUT2D eigenvalue weighted by Gasteiger charge is -2.29. The topological polar surface area (TPSA) is 66.9 Å². The third-order valence-corrected chi connectivity index (χ3v) is 8.00. The maximum absolute atomic E-state index is 13.4. The summed E-state index contributed by atoms with van der Waals surface area (Å²) >= 11 is 0.858. The quantitative estimate of drug-likeness (QED) is 0.282. The van der Waals surface area contributed by atoms with E-state index in [1.165, 1.54) is 5.56 Å². The molecule has 0 atom stereocenters. The molecule has 194 valence electrons. The van der Waals surface area contributed by atoms with Crippen LogP contribution in [0.5, 0.6) is 5.75 Å². The molecule has 2 aliphatic heterocycles. The Kier molecular flexibility index (Phi) is 6.90. The van der Waals surface area contributed by atoms with Crippen molar-refractivity contribution in [2.75, 3.05) is 13.1 Å².